The first-order valence-corrected chi connectivity index (χ1v) is 8.65. The van der Waals surface area contributed by atoms with Gasteiger partial charge in [0.05, 0.1) is 18.5 Å². The highest BCUT2D eigenvalue weighted by atomic mass is 16.5. The summed E-state index contributed by atoms with van der Waals surface area (Å²) in [5.41, 5.74) is 7.27. The molecule has 2 heterocycles. The Labute approximate surface area is 151 Å². The minimum atomic E-state index is -0.321. The fraction of sp³-hybridized carbons (Fsp3) is 0.389. The Balaban J connectivity index is 1.79. The molecular formula is C18H23N5O3. The van der Waals surface area contributed by atoms with E-state index in [1.807, 2.05) is 12.1 Å². The molecule has 1 aliphatic heterocycles. The van der Waals surface area contributed by atoms with Crippen molar-refractivity contribution in [1.82, 2.24) is 20.6 Å². The molecule has 1 aromatic carbocycles. The number of hydrogen-bond acceptors (Lipinski definition) is 7. The van der Waals surface area contributed by atoms with Gasteiger partial charge in [-0.3, -0.25) is 4.79 Å². The second-order valence-electron chi connectivity index (χ2n) is 6.11. The summed E-state index contributed by atoms with van der Waals surface area (Å²) in [6.07, 6.45) is 3.47. The van der Waals surface area contributed by atoms with Gasteiger partial charge in [0.25, 0.3) is 5.91 Å². The van der Waals surface area contributed by atoms with E-state index in [0.717, 1.165) is 31.5 Å². The molecule has 0 saturated carbocycles. The maximum atomic E-state index is 12.6. The predicted molar refractivity (Wildman–Crippen MR) is 97.8 cm³/mol. The van der Waals surface area contributed by atoms with Crippen molar-refractivity contribution in [1.29, 1.82) is 0 Å². The number of aromatic nitrogens is 2. The van der Waals surface area contributed by atoms with Crippen LogP contribution in [0.2, 0.25) is 0 Å². The van der Waals surface area contributed by atoms with Crippen LogP contribution in [0, 0.1) is 0 Å². The topological polar surface area (TPSA) is 122 Å². The van der Waals surface area contributed by atoms with Crippen LogP contribution in [0.4, 0.5) is 5.82 Å². The largest absolute Gasteiger partial charge is 0.491 e. The molecule has 2 aromatic rings. The van der Waals surface area contributed by atoms with E-state index in [2.05, 4.69) is 20.6 Å². The number of carbonyl (C=O) groups is 1. The number of nitrogen functional groups attached to an aromatic ring is 1. The van der Waals surface area contributed by atoms with E-state index in [1.165, 1.54) is 6.20 Å². The molecule has 1 atom stereocenters. The van der Waals surface area contributed by atoms with E-state index >= 15 is 0 Å². The third-order valence-electron chi connectivity index (χ3n) is 4.14. The van der Waals surface area contributed by atoms with Crippen molar-refractivity contribution in [3.8, 4) is 17.0 Å². The van der Waals surface area contributed by atoms with Gasteiger partial charge in [-0.15, -0.1) is 0 Å². The number of nitrogens with two attached hydrogens (primary N) is 1. The van der Waals surface area contributed by atoms with Crippen molar-refractivity contribution in [2.24, 2.45) is 0 Å². The first kappa shape index (κ1) is 18.1. The van der Waals surface area contributed by atoms with Gasteiger partial charge >= 0.3 is 0 Å². The fourth-order valence-electron chi connectivity index (χ4n) is 2.84. The Morgan fingerprint density at radius 2 is 2.35 bits per heavy atom. The minimum Gasteiger partial charge on any atom is -0.491 e. The van der Waals surface area contributed by atoms with E-state index < -0.39 is 0 Å². The van der Waals surface area contributed by atoms with Crippen molar-refractivity contribution >= 4 is 11.7 Å². The van der Waals surface area contributed by atoms with Gasteiger partial charge in [0.1, 0.15) is 12.4 Å². The Kier molecular flexibility index (Phi) is 5.98. The van der Waals surface area contributed by atoms with Crippen LogP contribution < -0.4 is 21.1 Å². The van der Waals surface area contributed by atoms with Crippen LogP contribution in [0.3, 0.4) is 0 Å². The lowest BCUT2D eigenvalue weighted by molar-refractivity contribution is 0.0926. The lowest BCUT2D eigenvalue weighted by Crippen LogP contribution is -2.46. The summed E-state index contributed by atoms with van der Waals surface area (Å²) in [4.78, 5) is 21.1. The van der Waals surface area contributed by atoms with Crippen LogP contribution in [-0.2, 0) is 0 Å². The molecular weight excluding hydrogens is 334 g/mol. The monoisotopic (exact) mass is 357 g/mol. The van der Waals surface area contributed by atoms with Crippen LogP contribution in [-0.4, -0.2) is 53.3 Å². The fourth-order valence-corrected chi connectivity index (χ4v) is 2.84. The first-order chi connectivity index (χ1) is 12.7. The van der Waals surface area contributed by atoms with Gasteiger partial charge in [-0.25, -0.2) is 9.97 Å². The molecule has 0 bridgehead atoms. The number of hydrogen-bond donors (Lipinski definition) is 4. The van der Waals surface area contributed by atoms with E-state index in [4.69, 9.17) is 15.6 Å². The summed E-state index contributed by atoms with van der Waals surface area (Å²) in [7, 11) is 0. The molecule has 8 heteroatoms. The number of benzene rings is 1. The number of amides is 1. The van der Waals surface area contributed by atoms with Crippen molar-refractivity contribution in [2.75, 3.05) is 32.0 Å². The number of aliphatic hydroxyl groups is 1. The lowest BCUT2D eigenvalue weighted by Gasteiger charge is -2.23. The zero-order valence-electron chi connectivity index (χ0n) is 14.4. The molecule has 1 aliphatic rings. The highest BCUT2D eigenvalue weighted by molar-refractivity contribution is 5.97. The number of rotatable bonds is 6. The second-order valence-corrected chi connectivity index (χ2v) is 6.11. The molecule has 1 unspecified atom stereocenters. The molecule has 1 amide bonds. The summed E-state index contributed by atoms with van der Waals surface area (Å²) < 4.78 is 5.41. The maximum absolute atomic E-state index is 12.6. The Bertz CT molecular complexity index is 762. The molecule has 5 N–H and O–H groups in total. The van der Waals surface area contributed by atoms with E-state index in [9.17, 15) is 4.79 Å². The highest BCUT2D eigenvalue weighted by Crippen LogP contribution is 2.23. The van der Waals surface area contributed by atoms with Crippen LogP contribution in [0.5, 0.6) is 5.75 Å². The van der Waals surface area contributed by atoms with Crippen molar-refractivity contribution in [2.45, 2.75) is 18.9 Å². The lowest BCUT2D eigenvalue weighted by atomic mass is 10.1. The van der Waals surface area contributed by atoms with Gasteiger partial charge in [-0.2, -0.15) is 0 Å². The van der Waals surface area contributed by atoms with Gasteiger partial charge in [-0.05, 0) is 31.5 Å². The Hall–Kier alpha value is -2.71. The number of nitrogens with one attached hydrogen (secondary N) is 2. The third-order valence-corrected chi connectivity index (χ3v) is 4.14. The normalized spacial score (nSPS) is 16.9. The van der Waals surface area contributed by atoms with Gasteiger partial charge in [0.15, 0.2) is 11.5 Å². The molecule has 26 heavy (non-hydrogen) atoms. The zero-order valence-corrected chi connectivity index (χ0v) is 14.4. The Morgan fingerprint density at radius 3 is 3.12 bits per heavy atom. The highest BCUT2D eigenvalue weighted by Gasteiger charge is 2.20. The molecule has 8 nitrogen and oxygen atoms in total. The molecule has 138 valence electrons. The van der Waals surface area contributed by atoms with E-state index in [0.29, 0.717) is 11.4 Å². The summed E-state index contributed by atoms with van der Waals surface area (Å²) in [6.45, 7) is 1.85. The SMILES string of the molecule is Nc1ncc(-c2cccc(OCCO)c2)nc1C(=O)NC1CCCNC1. The molecule has 1 aromatic heterocycles. The van der Waals surface area contributed by atoms with Crippen LogP contribution in [0.1, 0.15) is 23.3 Å². The number of piperidine rings is 1. The van der Waals surface area contributed by atoms with Crippen LogP contribution in [0.25, 0.3) is 11.3 Å². The Morgan fingerprint density at radius 1 is 1.46 bits per heavy atom. The quantitative estimate of drug-likeness (QED) is 0.596. The minimum absolute atomic E-state index is 0.0632. The molecule has 0 radical (unpaired) electrons. The van der Waals surface area contributed by atoms with E-state index in [-0.39, 0.29) is 36.7 Å². The number of carbonyl (C=O) groups excluding carboxylic acids is 1. The summed E-state index contributed by atoms with van der Waals surface area (Å²) in [5.74, 6) is 0.385. The van der Waals surface area contributed by atoms with Crippen molar-refractivity contribution < 1.29 is 14.6 Å². The zero-order chi connectivity index (χ0) is 18.4. The summed E-state index contributed by atoms with van der Waals surface area (Å²) in [6, 6.07) is 7.29. The van der Waals surface area contributed by atoms with Crippen molar-refractivity contribution in [3.05, 3.63) is 36.2 Å². The number of nitrogens with zero attached hydrogens (tertiary/aromatic N) is 2. The number of anilines is 1. The molecule has 1 saturated heterocycles. The van der Waals surface area contributed by atoms with Gasteiger partial charge in [-0.1, -0.05) is 12.1 Å². The molecule has 0 spiro atoms. The van der Waals surface area contributed by atoms with Gasteiger partial charge in [0.2, 0.25) is 0 Å². The summed E-state index contributed by atoms with van der Waals surface area (Å²) in [5, 5.41) is 15.1. The number of aliphatic hydroxyl groups excluding tert-OH is 1. The first-order valence-electron chi connectivity index (χ1n) is 8.65. The molecule has 1 fully saturated rings. The third kappa shape index (κ3) is 4.47. The van der Waals surface area contributed by atoms with Gasteiger partial charge < -0.3 is 26.2 Å². The smallest absolute Gasteiger partial charge is 0.274 e. The number of ether oxygens (including phenoxy) is 1. The standard InChI is InChI=1S/C18H23N5O3/c19-17-16(18(25)22-13-4-2-6-20-10-13)23-15(11-21-17)12-3-1-5-14(9-12)26-8-7-24/h1,3,5,9,11,13,20,24H,2,4,6-8,10H2,(H2,19,21)(H,22,25). The van der Waals surface area contributed by atoms with E-state index in [1.54, 1.807) is 12.1 Å². The average molecular weight is 357 g/mol. The molecule has 0 aliphatic carbocycles. The van der Waals surface area contributed by atoms with Crippen LogP contribution in [0.15, 0.2) is 30.5 Å². The van der Waals surface area contributed by atoms with Crippen molar-refractivity contribution in [3.63, 3.8) is 0 Å². The predicted octanol–water partition coefficient (Wildman–Crippen LogP) is 0.579. The van der Waals surface area contributed by atoms with Crippen LogP contribution >= 0.6 is 0 Å². The average Bonchev–Trinajstić information content (AvgIpc) is 2.67. The maximum Gasteiger partial charge on any atom is 0.274 e. The second kappa shape index (κ2) is 8.59. The van der Waals surface area contributed by atoms with Gasteiger partial charge in [0, 0.05) is 18.2 Å². The molecule has 3 rings (SSSR count). The summed E-state index contributed by atoms with van der Waals surface area (Å²) >= 11 is 0.